The van der Waals surface area contributed by atoms with E-state index in [1.54, 1.807) is 0 Å². The fraction of sp³-hybridized carbons (Fsp3) is 0.235. The van der Waals surface area contributed by atoms with Crippen LogP contribution in [0.25, 0.3) is 0 Å². The van der Waals surface area contributed by atoms with Gasteiger partial charge in [-0.3, -0.25) is 4.99 Å². The molecule has 0 amide bonds. The molecule has 20 heavy (non-hydrogen) atoms. The summed E-state index contributed by atoms with van der Waals surface area (Å²) in [6.07, 6.45) is 1.99. The number of halogens is 1. The second kappa shape index (κ2) is 6.10. The molecule has 1 aliphatic heterocycles. The number of rotatable bonds is 4. The summed E-state index contributed by atoms with van der Waals surface area (Å²) in [5.41, 5.74) is 3.83. The summed E-state index contributed by atoms with van der Waals surface area (Å²) in [6, 6.07) is 16.6. The number of amidine groups is 1. The molecule has 2 aromatic carbocycles. The maximum Gasteiger partial charge on any atom is 0.128 e. The average molecular weight is 285 g/mol. The minimum atomic E-state index is 0.803. The van der Waals surface area contributed by atoms with Gasteiger partial charge in [0.1, 0.15) is 5.84 Å². The Morgan fingerprint density at radius 2 is 1.95 bits per heavy atom. The highest BCUT2D eigenvalue weighted by Crippen LogP contribution is 2.16. The van der Waals surface area contributed by atoms with E-state index < -0.39 is 0 Å². The van der Waals surface area contributed by atoms with Gasteiger partial charge in [-0.2, -0.15) is 0 Å². The summed E-state index contributed by atoms with van der Waals surface area (Å²) < 4.78 is 0. The first-order chi connectivity index (χ1) is 9.83. The maximum atomic E-state index is 6.03. The number of aliphatic imine (C=N–C) groups is 1. The van der Waals surface area contributed by atoms with Gasteiger partial charge in [0.2, 0.25) is 0 Å². The van der Waals surface area contributed by atoms with Gasteiger partial charge in [-0.25, -0.2) is 0 Å². The topological polar surface area (TPSA) is 24.4 Å². The van der Waals surface area contributed by atoms with Gasteiger partial charge < -0.3 is 5.32 Å². The lowest BCUT2D eigenvalue weighted by molar-refractivity contribution is 0.946. The lowest BCUT2D eigenvalue weighted by Crippen LogP contribution is -2.21. The van der Waals surface area contributed by atoms with E-state index in [9.17, 15) is 0 Å². The van der Waals surface area contributed by atoms with Crippen molar-refractivity contribution in [2.24, 2.45) is 4.99 Å². The van der Waals surface area contributed by atoms with Crippen LogP contribution >= 0.6 is 11.6 Å². The zero-order valence-electron chi connectivity index (χ0n) is 11.3. The van der Waals surface area contributed by atoms with Crippen molar-refractivity contribution in [2.75, 3.05) is 13.1 Å². The largest absolute Gasteiger partial charge is 0.368 e. The van der Waals surface area contributed by atoms with Gasteiger partial charge in [-0.1, -0.05) is 48.0 Å². The smallest absolute Gasteiger partial charge is 0.128 e. The van der Waals surface area contributed by atoms with E-state index in [-0.39, 0.29) is 0 Å². The molecule has 1 heterocycles. The lowest BCUT2D eigenvalue weighted by Gasteiger charge is -2.10. The van der Waals surface area contributed by atoms with Crippen LogP contribution in [0.5, 0.6) is 0 Å². The molecule has 102 valence electrons. The minimum absolute atomic E-state index is 0.803. The number of hydrogen-bond donors (Lipinski definition) is 1. The number of aryl methyl sites for hydroxylation is 2. The van der Waals surface area contributed by atoms with Crippen LogP contribution in [0.2, 0.25) is 5.02 Å². The number of nitrogens with zero attached hydrogens (tertiary/aromatic N) is 1. The van der Waals surface area contributed by atoms with Crippen molar-refractivity contribution in [1.82, 2.24) is 5.32 Å². The molecular formula is C17H17ClN2. The maximum absolute atomic E-state index is 6.03. The first kappa shape index (κ1) is 13.2. The number of hydrogen-bond acceptors (Lipinski definition) is 2. The molecule has 0 unspecified atom stereocenters. The second-order valence-electron chi connectivity index (χ2n) is 4.94. The molecule has 0 radical (unpaired) electrons. The zero-order valence-corrected chi connectivity index (χ0v) is 12.0. The molecule has 2 aromatic rings. The molecule has 1 N–H and O–H groups in total. The minimum Gasteiger partial charge on any atom is -0.368 e. The molecule has 0 fully saturated rings. The van der Waals surface area contributed by atoms with E-state index >= 15 is 0 Å². The van der Waals surface area contributed by atoms with Crippen molar-refractivity contribution in [3.8, 4) is 0 Å². The summed E-state index contributed by atoms with van der Waals surface area (Å²) in [5, 5.41) is 4.15. The van der Waals surface area contributed by atoms with Gasteiger partial charge in [-0.15, -0.1) is 0 Å². The summed E-state index contributed by atoms with van der Waals surface area (Å²) in [6.45, 7) is 1.82. The molecule has 2 nitrogen and oxygen atoms in total. The number of nitrogens with one attached hydrogen (secondary N) is 1. The van der Waals surface area contributed by atoms with Crippen LogP contribution in [0, 0.1) is 0 Å². The van der Waals surface area contributed by atoms with Crippen LogP contribution in [0.4, 0.5) is 0 Å². The van der Waals surface area contributed by atoms with Crippen molar-refractivity contribution < 1.29 is 0 Å². The van der Waals surface area contributed by atoms with E-state index in [2.05, 4.69) is 40.6 Å². The summed E-state index contributed by atoms with van der Waals surface area (Å²) in [5.74, 6) is 1.03. The van der Waals surface area contributed by atoms with E-state index in [0.29, 0.717) is 0 Å². The Bertz CT molecular complexity index is 634. The molecule has 0 spiro atoms. The standard InChI is InChI=1S/C17H17ClN2/c18-15-6-3-4-13(12-15)8-9-14-5-1-2-7-16(14)17-19-10-11-20-17/h1-7,12H,8-11H2,(H,19,20). The van der Waals surface area contributed by atoms with E-state index in [1.807, 2.05) is 18.2 Å². The highest BCUT2D eigenvalue weighted by Gasteiger charge is 2.11. The van der Waals surface area contributed by atoms with E-state index in [4.69, 9.17) is 11.6 Å². The van der Waals surface area contributed by atoms with Crippen LogP contribution in [0.3, 0.4) is 0 Å². The van der Waals surface area contributed by atoms with Crippen LogP contribution in [-0.2, 0) is 12.8 Å². The van der Waals surface area contributed by atoms with Gasteiger partial charge in [0.15, 0.2) is 0 Å². The van der Waals surface area contributed by atoms with Crippen molar-refractivity contribution in [3.05, 3.63) is 70.2 Å². The van der Waals surface area contributed by atoms with Gasteiger partial charge in [0.05, 0.1) is 6.54 Å². The third-order valence-corrected chi connectivity index (χ3v) is 3.75. The van der Waals surface area contributed by atoms with Crippen LogP contribution in [0.15, 0.2) is 53.5 Å². The first-order valence-corrected chi connectivity index (χ1v) is 7.32. The fourth-order valence-electron chi connectivity index (χ4n) is 2.52. The molecule has 3 rings (SSSR count). The Labute approximate surface area is 124 Å². The molecule has 1 aliphatic rings. The molecule has 0 atom stereocenters. The fourth-order valence-corrected chi connectivity index (χ4v) is 2.73. The van der Waals surface area contributed by atoms with Crippen molar-refractivity contribution in [1.29, 1.82) is 0 Å². The van der Waals surface area contributed by atoms with Crippen molar-refractivity contribution in [2.45, 2.75) is 12.8 Å². The Kier molecular flexibility index (Phi) is 4.03. The summed E-state index contributed by atoms with van der Waals surface area (Å²) in [7, 11) is 0. The molecule has 0 saturated carbocycles. The zero-order chi connectivity index (χ0) is 13.8. The Balaban J connectivity index is 1.77. The first-order valence-electron chi connectivity index (χ1n) is 6.94. The Morgan fingerprint density at radius 1 is 1.05 bits per heavy atom. The van der Waals surface area contributed by atoms with Gasteiger partial charge in [-0.05, 0) is 36.1 Å². The highest BCUT2D eigenvalue weighted by molar-refractivity contribution is 6.30. The lowest BCUT2D eigenvalue weighted by atomic mass is 9.99. The average Bonchev–Trinajstić information content (AvgIpc) is 3.00. The predicted molar refractivity (Wildman–Crippen MR) is 84.7 cm³/mol. The Hall–Kier alpha value is -1.80. The molecular weight excluding hydrogens is 268 g/mol. The molecule has 0 saturated heterocycles. The van der Waals surface area contributed by atoms with Crippen LogP contribution in [0.1, 0.15) is 16.7 Å². The second-order valence-corrected chi connectivity index (χ2v) is 5.38. The van der Waals surface area contributed by atoms with Crippen LogP contribution in [-0.4, -0.2) is 18.9 Å². The third-order valence-electron chi connectivity index (χ3n) is 3.52. The monoisotopic (exact) mass is 284 g/mol. The Morgan fingerprint density at radius 3 is 2.75 bits per heavy atom. The quantitative estimate of drug-likeness (QED) is 0.913. The molecule has 0 aromatic heterocycles. The van der Waals surface area contributed by atoms with E-state index in [0.717, 1.165) is 36.8 Å². The predicted octanol–water partition coefficient (Wildman–Crippen LogP) is 3.48. The highest BCUT2D eigenvalue weighted by atomic mass is 35.5. The van der Waals surface area contributed by atoms with E-state index in [1.165, 1.54) is 16.7 Å². The van der Waals surface area contributed by atoms with Crippen molar-refractivity contribution in [3.63, 3.8) is 0 Å². The molecule has 3 heteroatoms. The summed E-state index contributed by atoms with van der Waals surface area (Å²) in [4.78, 5) is 4.52. The van der Waals surface area contributed by atoms with Gasteiger partial charge >= 0.3 is 0 Å². The van der Waals surface area contributed by atoms with Crippen LogP contribution < -0.4 is 5.32 Å². The molecule has 0 aliphatic carbocycles. The third kappa shape index (κ3) is 3.02. The molecule has 0 bridgehead atoms. The summed E-state index contributed by atoms with van der Waals surface area (Å²) >= 11 is 6.03. The number of benzene rings is 2. The SMILES string of the molecule is Clc1cccc(CCc2ccccc2C2=NCCN2)c1. The van der Waals surface area contributed by atoms with Crippen molar-refractivity contribution >= 4 is 17.4 Å². The van der Waals surface area contributed by atoms with Gasteiger partial charge in [0.25, 0.3) is 0 Å². The normalized spacial score (nSPS) is 13.9. The van der Waals surface area contributed by atoms with Gasteiger partial charge in [0, 0.05) is 17.1 Å².